The lowest BCUT2D eigenvalue weighted by Crippen LogP contribution is -2.61. The monoisotopic (exact) mass is 1000 g/mol. The number of nitrogens with zero attached hydrogens (tertiary/aromatic N) is 3. The van der Waals surface area contributed by atoms with Crippen LogP contribution in [0.3, 0.4) is 0 Å². The van der Waals surface area contributed by atoms with Gasteiger partial charge in [-0.05, 0) is 100 Å². The second kappa shape index (κ2) is 28.4. The zero-order valence-corrected chi connectivity index (χ0v) is 42.6. The second-order valence-corrected chi connectivity index (χ2v) is 19.9. The van der Waals surface area contributed by atoms with Crippen LogP contribution in [0.25, 0.3) is 0 Å². The molecule has 18 nitrogen and oxygen atoms in total. The van der Waals surface area contributed by atoms with E-state index in [-0.39, 0.29) is 64.1 Å². The van der Waals surface area contributed by atoms with Gasteiger partial charge < -0.3 is 36.9 Å². The third-order valence-electron chi connectivity index (χ3n) is 11.5. The normalized spacial score (nSPS) is 15.2. The fourth-order valence-electron chi connectivity index (χ4n) is 7.90. The molecule has 4 rings (SSSR count). The maximum atomic E-state index is 15.1. The average molecular weight is 1000 g/mol. The van der Waals surface area contributed by atoms with Gasteiger partial charge in [0.15, 0.2) is 0 Å². The average Bonchev–Trinajstić information content (AvgIpc) is 3.68. The maximum Gasteiger partial charge on any atom is 0.417 e. The Kier molecular flexibility index (Phi) is 22.8. The minimum Gasteiger partial charge on any atom is -0.444 e. The molecule has 0 radical (unpaired) electrons. The molecule has 5 atom stereocenters. The molecule has 1 heterocycles. The molecule has 1 unspecified atom stereocenters. The molecule has 1 aliphatic rings. The summed E-state index contributed by atoms with van der Waals surface area (Å²) in [6.45, 7) is 8.88. The van der Waals surface area contributed by atoms with Crippen molar-refractivity contribution in [1.82, 2.24) is 30.9 Å². The van der Waals surface area contributed by atoms with Crippen molar-refractivity contribution in [2.75, 3.05) is 25.1 Å². The number of hydrogen-bond donors (Lipinski definition) is 5. The van der Waals surface area contributed by atoms with Crippen molar-refractivity contribution in [2.24, 2.45) is 17.4 Å². The number of amides is 8. The molecular weight excluding hydrogens is 929 g/mol. The minimum atomic E-state index is -1.67. The highest BCUT2D eigenvalue weighted by Crippen LogP contribution is 2.23. The van der Waals surface area contributed by atoms with Crippen molar-refractivity contribution in [1.29, 1.82) is 0 Å². The second-order valence-electron chi connectivity index (χ2n) is 18.9. The Bertz CT molecular complexity index is 2230. The predicted octanol–water partition coefficient (Wildman–Crippen LogP) is 5.02. The Hall–Kier alpha value is -6.47. The van der Waals surface area contributed by atoms with Gasteiger partial charge in [-0.2, -0.15) is 11.8 Å². The van der Waals surface area contributed by atoms with Crippen LogP contribution in [0.2, 0.25) is 0 Å². The first-order chi connectivity index (χ1) is 33.8. The molecule has 0 aliphatic carbocycles. The van der Waals surface area contributed by atoms with E-state index in [1.807, 2.05) is 20.1 Å². The molecule has 386 valence electrons. The van der Waals surface area contributed by atoms with Crippen LogP contribution >= 0.6 is 11.8 Å². The molecule has 1 fully saturated rings. The predicted molar refractivity (Wildman–Crippen MR) is 271 cm³/mol. The number of rotatable bonds is 26. The highest BCUT2D eigenvalue weighted by atomic mass is 32.2. The van der Waals surface area contributed by atoms with Crippen LogP contribution in [0, 0.1) is 5.92 Å². The number of benzene rings is 3. The molecule has 0 saturated carbocycles. The van der Waals surface area contributed by atoms with Gasteiger partial charge in [0.2, 0.25) is 23.6 Å². The van der Waals surface area contributed by atoms with Gasteiger partial charge in [0.05, 0.1) is 0 Å². The van der Waals surface area contributed by atoms with E-state index in [2.05, 4.69) is 16.0 Å². The number of alkyl carbamates (subject to hydrolysis) is 1. The molecule has 7 N–H and O–H groups in total. The number of ether oxygens (including phenoxy) is 2. The molecule has 0 aromatic heterocycles. The summed E-state index contributed by atoms with van der Waals surface area (Å²) >= 11 is 1.46. The van der Waals surface area contributed by atoms with Gasteiger partial charge in [-0.25, -0.2) is 24.5 Å². The molecule has 0 spiro atoms. The zero-order valence-electron chi connectivity index (χ0n) is 41.8. The number of carbonyl (C=O) groups is 8. The van der Waals surface area contributed by atoms with Crippen molar-refractivity contribution in [3.8, 4) is 0 Å². The number of hydrogen-bond acceptors (Lipinski definition) is 12. The van der Waals surface area contributed by atoms with Crippen molar-refractivity contribution in [2.45, 2.75) is 135 Å². The van der Waals surface area contributed by atoms with Crippen LogP contribution in [0.4, 0.5) is 9.59 Å². The Morgan fingerprint density at radius 1 is 0.775 bits per heavy atom. The van der Waals surface area contributed by atoms with Crippen LogP contribution in [0.5, 0.6) is 0 Å². The largest absolute Gasteiger partial charge is 0.444 e. The van der Waals surface area contributed by atoms with Crippen LogP contribution in [0.15, 0.2) is 91.0 Å². The van der Waals surface area contributed by atoms with E-state index in [0.29, 0.717) is 46.6 Å². The summed E-state index contributed by atoms with van der Waals surface area (Å²) in [5, 5.41) is 10.5. The third kappa shape index (κ3) is 18.3. The van der Waals surface area contributed by atoms with Crippen molar-refractivity contribution in [3.05, 3.63) is 108 Å². The Morgan fingerprint density at radius 2 is 1.37 bits per heavy atom. The lowest BCUT2D eigenvalue weighted by atomic mass is 10.00. The molecule has 71 heavy (non-hydrogen) atoms. The standard InChI is InChI=1S/C52H72N8O10S/c1-35(2)25-26-44(61)60(42(45(54)62)28-31-71-6)58-30-27-40(48(58)65)55-46(63)41(32-36-18-10-7-11-19-36)56-47(64)43(33-37-20-12-8-13-21-37)59(51(68)69-34-38-22-14-9-15-23-38)49(66)39(24-16-17-29-53)57-50(67)70-52(3,4)5/h7-15,18-23,35,39-43H,16-17,24-34,53H2,1-6H3,(H2,54,62)(H,55,63)(H,56,64)(H,57,67)/t39-,40-,41+,42?,43+/m0/s1. The van der Waals surface area contributed by atoms with Gasteiger partial charge in [0, 0.05) is 25.8 Å². The van der Waals surface area contributed by atoms with Gasteiger partial charge in [0.1, 0.15) is 42.4 Å². The van der Waals surface area contributed by atoms with Crippen LogP contribution in [-0.4, -0.2) is 123 Å². The number of nitrogens with one attached hydrogen (secondary N) is 3. The van der Waals surface area contributed by atoms with E-state index in [1.54, 1.807) is 112 Å². The quantitative estimate of drug-likeness (QED) is 0.0666. The molecular formula is C52H72N8O10S. The Morgan fingerprint density at radius 3 is 1.92 bits per heavy atom. The van der Waals surface area contributed by atoms with Gasteiger partial charge in [0.25, 0.3) is 11.8 Å². The molecule has 3 aromatic rings. The van der Waals surface area contributed by atoms with E-state index >= 15 is 9.59 Å². The number of thioether (sulfide) groups is 1. The molecule has 3 aromatic carbocycles. The summed E-state index contributed by atoms with van der Waals surface area (Å²) < 4.78 is 11.3. The number of nitrogens with two attached hydrogens (primary N) is 2. The van der Waals surface area contributed by atoms with Crippen LogP contribution in [-0.2, 0) is 57.7 Å². The number of primary amides is 1. The first-order valence-electron chi connectivity index (χ1n) is 24.2. The molecule has 1 saturated heterocycles. The molecule has 0 bridgehead atoms. The smallest absolute Gasteiger partial charge is 0.417 e. The first-order valence-corrected chi connectivity index (χ1v) is 25.6. The molecule has 8 amide bonds. The summed E-state index contributed by atoms with van der Waals surface area (Å²) in [6.07, 6.45) is 1.05. The molecule has 19 heteroatoms. The van der Waals surface area contributed by atoms with Crippen LogP contribution < -0.4 is 27.4 Å². The third-order valence-corrected chi connectivity index (χ3v) is 12.2. The van der Waals surface area contributed by atoms with Crippen molar-refractivity contribution < 1.29 is 47.8 Å². The fraction of sp³-hybridized carbons (Fsp3) is 0.500. The highest BCUT2D eigenvalue weighted by molar-refractivity contribution is 7.98. The van der Waals surface area contributed by atoms with Crippen molar-refractivity contribution in [3.63, 3.8) is 0 Å². The van der Waals surface area contributed by atoms with Crippen LogP contribution in [0.1, 0.15) is 96.3 Å². The summed E-state index contributed by atoms with van der Waals surface area (Å²) in [5.74, 6) is -3.89. The van der Waals surface area contributed by atoms with Gasteiger partial charge >= 0.3 is 12.2 Å². The Labute approximate surface area is 421 Å². The lowest BCUT2D eigenvalue weighted by molar-refractivity contribution is -0.168. The summed E-state index contributed by atoms with van der Waals surface area (Å²) in [6, 6.07) is 19.4. The summed E-state index contributed by atoms with van der Waals surface area (Å²) in [7, 11) is 0. The summed E-state index contributed by atoms with van der Waals surface area (Å²) in [5.41, 5.74) is 12.5. The SMILES string of the molecule is CSCCC(C(N)=O)N(C(=O)CCC(C)C)N1CC[C@H](NC(=O)[C@@H](Cc2ccccc2)NC(=O)[C@@H](Cc2ccccc2)N(C(=O)OCc2ccccc2)C(=O)[C@H](CCCCN)NC(=O)OC(C)(C)C)C1=O. The lowest BCUT2D eigenvalue weighted by Gasteiger charge is -2.37. The molecule has 1 aliphatic heterocycles. The highest BCUT2D eigenvalue weighted by Gasteiger charge is 2.44. The van der Waals surface area contributed by atoms with E-state index < -0.39 is 83.4 Å². The van der Waals surface area contributed by atoms with E-state index in [4.69, 9.17) is 20.9 Å². The number of carbonyl (C=O) groups excluding carboxylic acids is 8. The minimum absolute atomic E-state index is 0.0128. The fourth-order valence-corrected chi connectivity index (χ4v) is 8.36. The maximum absolute atomic E-state index is 15.1. The summed E-state index contributed by atoms with van der Waals surface area (Å²) in [4.78, 5) is 114. The first kappa shape index (κ1) is 57.1. The van der Waals surface area contributed by atoms with Gasteiger partial charge in [-0.15, -0.1) is 0 Å². The van der Waals surface area contributed by atoms with E-state index in [1.165, 1.54) is 16.8 Å². The van der Waals surface area contributed by atoms with Gasteiger partial charge in [-0.1, -0.05) is 105 Å². The van der Waals surface area contributed by atoms with Gasteiger partial charge in [-0.3, -0.25) is 28.8 Å². The number of unbranched alkanes of at least 4 members (excludes halogenated alkanes) is 1. The zero-order chi connectivity index (χ0) is 52.1. The van der Waals surface area contributed by atoms with E-state index in [9.17, 15) is 28.8 Å². The number of imide groups is 1. The number of hydrazine groups is 1. The van der Waals surface area contributed by atoms with E-state index in [0.717, 1.165) is 5.01 Å². The Balaban J connectivity index is 1.76. The topological polar surface area (TPSA) is 253 Å². The van der Waals surface area contributed by atoms with Crippen molar-refractivity contribution >= 4 is 59.4 Å².